The first kappa shape index (κ1) is 16.5. The molecule has 0 saturated heterocycles. The quantitative estimate of drug-likeness (QED) is 0.853. The van der Waals surface area contributed by atoms with Crippen molar-refractivity contribution in [3.63, 3.8) is 0 Å². The van der Waals surface area contributed by atoms with Gasteiger partial charge in [-0.3, -0.25) is 4.79 Å². The molecule has 0 bridgehead atoms. The first-order chi connectivity index (χ1) is 10.5. The minimum atomic E-state index is -0.401. The van der Waals surface area contributed by atoms with Crippen LogP contribution < -0.4 is 5.32 Å². The summed E-state index contributed by atoms with van der Waals surface area (Å²) >= 11 is 5.86. The van der Waals surface area contributed by atoms with Gasteiger partial charge in [-0.2, -0.15) is 0 Å². The van der Waals surface area contributed by atoms with E-state index in [1.807, 2.05) is 19.1 Å². The lowest BCUT2D eigenvalue weighted by Gasteiger charge is -2.07. The van der Waals surface area contributed by atoms with Gasteiger partial charge < -0.3 is 10.4 Å². The third-order valence-corrected chi connectivity index (χ3v) is 3.53. The standard InChI is InChI=1S/C15H19ClN4O2/c1-3-13(21)8-9-17-15(22)14-18-10(2)20(19-14)12-6-4-11(16)5-7-12/h4-7,13,21H,3,8-9H2,1-2H3,(H,17,22). The summed E-state index contributed by atoms with van der Waals surface area (Å²) in [6, 6.07) is 7.13. The summed E-state index contributed by atoms with van der Waals surface area (Å²) in [4.78, 5) is 16.2. The summed E-state index contributed by atoms with van der Waals surface area (Å²) in [6.07, 6.45) is 0.777. The van der Waals surface area contributed by atoms with Gasteiger partial charge in [0.15, 0.2) is 0 Å². The molecule has 7 heteroatoms. The Morgan fingerprint density at radius 3 is 2.73 bits per heavy atom. The lowest BCUT2D eigenvalue weighted by Crippen LogP contribution is -2.28. The van der Waals surface area contributed by atoms with E-state index in [2.05, 4.69) is 15.4 Å². The molecule has 2 N–H and O–H groups in total. The number of aliphatic hydroxyl groups is 1. The van der Waals surface area contributed by atoms with Crippen molar-refractivity contribution in [2.45, 2.75) is 32.8 Å². The van der Waals surface area contributed by atoms with Gasteiger partial charge in [0, 0.05) is 11.6 Å². The maximum Gasteiger partial charge on any atom is 0.290 e. The maximum absolute atomic E-state index is 12.0. The number of benzene rings is 1. The van der Waals surface area contributed by atoms with E-state index in [0.717, 1.165) is 5.69 Å². The van der Waals surface area contributed by atoms with E-state index < -0.39 is 6.10 Å². The van der Waals surface area contributed by atoms with Gasteiger partial charge in [-0.05, 0) is 44.0 Å². The number of nitrogens with zero attached hydrogens (tertiary/aromatic N) is 3. The van der Waals surface area contributed by atoms with Gasteiger partial charge in [-0.1, -0.05) is 18.5 Å². The zero-order valence-electron chi connectivity index (χ0n) is 12.6. The molecule has 0 spiro atoms. The van der Waals surface area contributed by atoms with E-state index in [-0.39, 0.29) is 11.7 Å². The lowest BCUT2D eigenvalue weighted by atomic mass is 10.2. The van der Waals surface area contributed by atoms with Gasteiger partial charge in [-0.15, -0.1) is 5.10 Å². The molecule has 1 heterocycles. The summed E-state index contributed by atoms with van der Waals surface area (Å²) in [5.74, 6) is 0.374. The number of aromatic nitrogens is 3. The van der Waals surface area contributed by atoms with Gasteiger partial charge in [0.25, 0.3) is 5.91 Å². The second kappa shape index (κ2) is 7.38. The average molecular weight is 323 g/mol. The molecule has 22 heavy (non-hydrogen) atoms. The smallest absolute Gasteiger partial charge is 0.290 e. The zero-order chi connectivity index (χ0) is 16.1. The Bertz CT molecular complexity index is 639. The number of carbonyl (C=O) groups is 1. The van der Waals surface area contributed by atoms with Gasteiger partial charge in [0.1, 0.15) is 5.82 Å². The second-order valence-electron chi connectivity index (χ2n) is 4.98. The van der Waals surface area contributed by atoms with E-state index in [9.17, 15) is 9.90 Å². The van der Waals surface area contributed by atoms with Crippen LogP contribution in [-0.4, -0.2) is 38.4 Å². The van der Waals surface area contributed by atoms with Crippen molar-refractivity contribution < 1.29 is 9.90 Å². The minimum Gasteiger partial charge on any atom is -0.393 e. The Morgan fingerprint density at radius 1 is 1.41 bits per heavy atom. The Morgan fingerprint density at radius 2 is 2.09 bits per heavy atom. The van der Waals surface area contributed by atoms with Crippen LogP contribution in [0, 0.1) is 6.92 Å². The first-order valence-corrected chi connectivity index (χ1v) is 7.55. The lowest BCUT2D eigenvalue weighted by molar-refractivity contribution is 0.0931. The molecule has 1 aromatic carbocycles. The number of halogens is 1. The van der Waals surface area contributed by atoms with Crippen LogP contribution in [0.5, 0.6) is 0 Å². The molecule has 1 atom stereocenters. The highest BCUT2D eigenvalue weighted by molar-refractivity contribution is 6.30. The normalized spacial score (nSPS) is 12.2. The van der Waals surface area contributed by atoms with Crippen LogP contribution in [0.25, 0.3) is 5.69 Å². The number of aliphatic hydroxyl groups excluding tert-OH is 1. The van der Waals surface area contributed by atoms with Crippen LogP contribution in [0.3, 0.4) is 0 Å². The molecule has 0 fully saturated rings. The Balaban J connectivity index is 2.05. The fourth-order valence-corrected chi connectivity index (χ4v) is 2.07. The predicted octanol–water partition coefficient (Wildman–Crippen LogP) is 2.12. The molecular weight excluding hydrogens is 304 g/mol. The Hall–Kier alpha value is -1.92. The summed E-state index contributed by atoms with van der Waals surface area (Å²) in [5.41, 5.74) is 0.787. The molecule has 1 aromatic heterocycles. The van der Waals surface area contributed by atoms with Crippen LogP contribution >= 0.6 is 11.6 Å². The number of hydrogen-bond acceptors (Lipinski definition) is 4. The molecule has 0 radical (unpaired) electrons. The molecule has 0 aliphatic heterocycles. The van der Waals surface area contributed by atoms with Crippen molar-refractivity contribution in [1.29, 1.82) is 0 Å². The van der Waals surface area contributed by atoms with E-state index in [1.165, 1.54) is 0 Å². The molecule has 2 aromatic rings. The highest BCUT2D eigenvalue weighted by Gasteiger charge is 2.15. The van der Waals surface area contributed by atoms with Crippen molar-refractivity contribution in [3.05, 3.63) is 40.9 Å². The molecule has 0 aliphatic carbocycles. The highest BCUT2D eigenvalue weighted by atomic mass is 35.5. The van der Waals surface area contributed by atoms with Gasteiger partial charge in [-0.25, -0.2) is 9.67 Å². The topological polar surface area (TPSA) is 80.0 Å². The summed E-state index contributed by atoms with van der Waals surface area (Å²) in [7, 11) is 0. The molecule has 2 rings (SSSR count). The molecule has 0 saturated carbocycles. The van der Waals surface area contributed by atoms with E-state index >= 15 is 0 Å². The fourth-order valence-electron chi connectivity index (χ4n) is 1.95. The van der Waals surface area contributed by atoms with Gasteiger partial charge in [0.05, 0.1) is 11.8 Å². The van der Waals surface area contributed by atoms with Crippen molar-refractivity contribution in [2.75, 3.05) is 6.54 Å². The van der Waals surface area contributed by atoms with E-state index in [1.54, 1.807) is 23.7 Å². The van der Waals surface area contributed by atoms with Crippen LogP contribution in [0.15, 0.2) is 24.3 Å². The van der Waals surface area contributed by atoms with Gasteiger partial charge in [0.2, 0.25) is 5.82 Å². The number of carbonyl (C=O) groups excluding carboxylic acids is 1. The summed E-state index contributed by atoms with van der Waals surface area (Å²) < 4.78 is 1.59. The molecular formula is C15H19ClN4O2. The highest BCUT2D eigenvalue weighted by Crippen LogP contribution is 2.14. The predicted molar refractivity (Wildman–Crippen MR) is 84.4 cm³/mol. The van der Waals surface area contributed by atoms with Crippen LogP contribution in [0.1, 0.15) is 36.2 Å². The number of rotatable bonds is 6. The van der Waals surface area contributed by atoms with Crippen molar-refractivity contribution in [2.24, 2.45) is 0 Å². The molecule has 118 valence electrons. The van der Waals surface area contributed by atoms with Crippen molar-refractivity contribution in [1.82, 2.24) is 20.1 Å². The zero-order valence-corrected chi connectivity index (χ0v) is 13.3. The number of amides is 1. The second-order valence-corrected chi connectivity index (χ2v) is 5.41. The van der Waals surface area contributed by atoms with Crippen LogP contribution in [0.4, 0.5) is 0 Å². The first-order valence-electron chi connectivity index (χ1n) is 7.17. The Kier molecular flexibility index (Phi) is 5.51. The average Bonchev–Trinajstić information content (AvgIpc) is 2.90. The molecule has 1 amide bonds. The molecule has 0 aliphatic rings. The fraction of sp³-hybridized carbons (Fsp3) is 0.400. The number of hydrogen-bond donors (Lipinski definition) is 2. The maximum atomic E-state index is 12.0. The summed E-state index contributed by atoms with van der Waals surface area (Å²) in [6.45, 7) is 4.06. The van der Waals surface area contributed by atoms with E-state index in [4.69, 9.17) is 11.6 Å². The summed E-state index contributed by atoms with van der Waals surface area (Å²) in [5, 5.41) is 17.0. The van der Waals surface area contributed by atoms with E-state index in [0.29, 0.717) is 30.2 Å². The largest absolute Gasteiger partial charge is 0.393 e. The minimum absolute atomic E-state index is 0.110. The van der Waals surface area contributed by atoms with Crippen molar-refractivity contribution in [3.8, 4) is 5.69 Å². The third-order valence-electron chi connectivity index (χ3n) is 3.28. The van der Waals surface area contributed by atoms with Crippen LogP contribution in [-0.2, 0) is 0 Å². The molecule has 6 nitrogen and oxygen atoms in total. The molecule has 1 unspecified atom stereocenters. The number of aryl methyl sites for hydroxylation is 1. The van der Waals surface area contributed by atoms with Crippen LogP contribution in [0.2, 0.25) is 5.02 Å². The Labute approximate surface area is 134 Å². The number of nitrogens with one attached hydrogen (secondary N) is 1. The monoisotopic (exact) mass is 322 g/mol. The van der Waals surface area contributed by atoms with Crippen molar-refractivity contribution >= 4 is 17.5 Å². The van der Waals surface area contributed by atoms with Gasteiger partial charge >= 0.3 is 0 Å². The third kappa shape index (κ3) is 4.05. The SMILES string of the molecule is CCC(O)CCNC(=O)c1nc(C)n(-c2ccc(Cl)cc2)n1.